The third-order valence-electron chi connectivity index (χ3n) is 3.17. The van der Waals surface area contributed by atoms with Gasteiger partial charge < -0.3 is 10.4 Å². The van der Waals surface area contributed by atoms with Crippen molar-refractivity contribution in [2.45, 2.75) is 44.2 Å². The molecule has 2 rings (SSSR count). The van der Waals surface area contributed by atoms with E-state index in [1.807, 2.05) is 12.1 Å². The van der Waals surface area contributed by atoms with Gasteiger partial charge in [-0.25, -0.2) is 0 Å². The summed E-state index contributed by atoms with van der Waals surface area (Å²) in [5, 5.41) is 21.3. The molecule has 0 aromatic carbocycles. The van der Waals surface area contributed by atoms with Crippen molar-refractivity contribution in [1.29, 1.82) is 0 Å². The van der Waals surface area contributed by atoms with E-state index in [4.69, 9.17) is 0 Å². The van der Waals surface area contributed by atoms with Gasteiger partial charge in [-0.15, -0.1) is 0 Å². The van der Waals surface area contributed by atoms with Crippen LogP contribution in [0.2, 0.25) is 0 Å². The summed E-state index contributed by atoms with van der Waals surface area (Å²) in [7, 11) is 0. The zero-order valence-electron chi connectivity index (χ0n) is 9.52. The van der Waals surface area contributed by atoms with Crippen molar-refractivity contribution in [2.24, 2.45) is 0 Å². The highest BCUT2D eigenvalue weighted by Crippen LogP contribution is 2.27. The Labute approximate surface area is 96.1 Å². The van der Waals surface area contributed by atoms with Gasteiger partial charge in [0.2, 0.25) is 0 Å². The fourth-order valence-corrected chi connectivity index (χ4v) is 2.24. The van der Waals surface area contributed by atoms with Gasteiger partial charge in [0.1, 0.15) is 0 Å². The normalized spacial score (nSPS) is 19.6. The average molecular weight is 221 g/mol. The van der Waals surface area contributed by atoms with Crippen molar-refractivity contribution in [3.8, 4) is 0 Å². The molecule has 2 N–H and O–H groups in total. The van der Waals surface area contributed by atoms with E-state index in [0.717, 1.165) is 31.4 Å². The second-order valence-corrected chi connectivity index (χ2v) is 4.60. The third-order valence-corrected chi connectivity index (χ3v) is 3.17. The van der Waals surface area contributed by atoms with Crippen LogP contribution in [0.5, 0.6) is 0 Å². The summed E-state index contributed by atoms with van der Waals surface area (Å²) >= 11 is 0. The summed E-state index contributed by atoms with van der Waals surface area (Å²) < 4.78 is 0. The summed E-state index contributed by atoms with van der Waals surface area (Å²) in [5.41, 5.74) is 0.419. The Hall–Kier alpha value is -1.00. The lowest BCUT2D eigenvalue weighted by Crippen LogP contribution is -2.42. The minimum absolute atomic E-state index is 0.500. The minimum atomic E-state index is -0.500. The molecule has 0 bridgehead atoms. The molecule has 0 saturated heterocycles. The molecule has 1 aromatic heterocycles. The first kappa shape index (κ1) is 11.5. The maximum absolute atomic E-state index is 10.3. The van der Waals surface area contributed by atoms with E-state index >= 15 is 0 Å². The van der Waals surface area contributed by atoms with Crippen molar-refractivity contribution < 1.29 is 5.11 Å². The van der Waals surface area contributed by atoms with Gasteiger partial charge in [-0.1, -0.05) is 19.3 Å². The quantitative estimate of drug-likeness (QED) is 0.803. The first-order valence-corrected chi connectivity index (χ1v) is 5.98. The molecule has 0 spiro atoms. The summed E-state index contributed by atoms with van der Waals surface area (Å²) in [6.45, 7) is 1.33. The maximum Gasteiger partial charge on any atom is 0.0771 e. The van der Waals surface area contributed by atoms with E-state index in [2.05, 4.69) is 15.5 Å². The molecule has 1 aliphatic carbocycles. The largest absolute Gasteiger partial charge is 0.389 e. The number of hydrogen-bond acceptors (Lipinski definition) is 4. The van der Waals surface area contributed by atoms with Crippen molar-refractivity contribution in [2.75, 3.05) is 6.54 Å². The first-order chi connectivity index (χ1) is 7.79. The molecule has 0 amide bonds. The Bertz CT molecular complexity index is 309. The summed E-state index contributed by atoms with van der Waals surface area (Å²) in [6.07, 6.45) is 7.04. The fraction of sp³-hybridized carbons (Fsp3) is 0.667. The number of nitrogens with zero attached hydrogens (tertiary/aromatic N) is 2. The molecule has 1 saturated carbocycles. The monoisotopic (exact) mass is 221 g/mol. The van der Waals surface area contributed by atoms with Gasteiger partial charge >= 0.3 is 0 Å². The predicted molar refractivity (Wildman–Crippen MR) is 61.8 cm³/mol. The molecule has 88 valence electrons. The summed E-state index contributed by atoms with van der Waals surface area (Å²) in [5.74, 6) is 0. The SMILES string of the molecule is OC1(CNCc2cccnn2)CCCCC1. The van der Waals surface area contributed by atoms with E-state index in [9.17, 15) is 5.11 Å². The van der Waals surface area contributed by atoms with E-state index in [1.54, 1.807) is 6.20 Å². The minimum Gasteiger partial charge on any atom is -0.389 e. The summed E-state index contributed by atoms with van der Waals surface area (Å²) in [4.78, 5) is 0. The molecule has 4 heteroatoms. The van der Waals surface area contributed by atoms with Crippen LogP contribution in [-0.2, 0) is 6.54 Å². The van der Waals surface area contributed by atoms with Crippen LogP contribution in [0.15, 0.2) is 18.3 Å². The zero-order valence-corrected chi connectivity index (χ0v) is 9.52. The molecule has 1 fully saturated rings. The van der Waals surface area contributed by atoms with Crippen LogP contribution in [-0.4, -0.2) is 27.4 Å². The van der Waals surface area contributed by atoms with Gasteiger partial charge in [0.05, 0.1) is 11.3 Å². The molecular formula is C12H19N3O. The Kier molecular flexibility index (Phi) is 3.85. The highest BCUT2D eigenvalue weighted by molar-refractivity contribution is 4.98. The second kappa shape index (κ2) is 5.37. The molecule has 16 heavy (non-hydrogen) atoms. The standard InChI is InChI=1S/C12H19N3O/c16-12(6-2-1-3-7-12)10-13-9-11-5-4-8-14-15-11/h4-5,8,13,16H,1-3,6-7,9-10H2. The lowest BCUT2D eigenvalue weighted by molar-refractivity contribution is 0.00461. The van der Waals surface area contributed by atoms with Gasteiger partial charge in [-0.3, -0.25) is 0 Å². The Balaban J connectivity index is 1.75. The number of rotatable bonds is 4. The van der Waals surface area contributed by atoms with Gasteiger partial charge in [0, 0.05) is 19.3 Å². The molecule has 0 unspecified atom stereocenters. The molecule has 1 aromatic rings. The second-order valence-electron chi connectivity index (χ2n) is 4.60. The molecule has 0 aliphatic heterocycles. The van der Waals surface area contributed by atoms with Crippen molar-refractivity contribution in [1.82, 2.24) is 15.5 Å². The van der Waals surface area contributed by atoms with Gasteiger partial charge in [0.25, 0.3) is 0 Å². The number of hydrogen-bond donors (Lipinski definition) is 2. The number of nitrogens with one attached hydrogen (secondary N) is 1. The Morgan fingerprint density at radius 1 is 1.31 bits per heavy atom. The smallest absolute Gasteiger partial charge is 0.0771 e. The number of aromatic nitrogens is 2. The molecular weight excluding hydrogens is 202 g/mol. The fourth-order valence-electron chi connectivity index (χ4n) is 2.24. The van der Waals surface area contributed by atoms with Crippen LogP contribution in [0.3, 0.4) is 0 Å². The van der Waals surface area contributed by atoms with Gasteiger partial charge in [-0.05, 0) is 25.0 Å². The van der Waals surface area contributed by atoms with Crippen LogP contribution < -0.4 is 5.32 Å². The Morgan fingerprint density at radius 2 is 2.12 bits per heavy atom. The van der Waals surface area contributed by atoms with Crippen molar-refractivity contribution in [3.05, 3.63) is 24.0 Å². The van der Waals surface area contributed by atoms with Crippen LogP contribution in [0, 0.1) is 0 Å². The highest BCUT2D eigenvalue weighted by atomic mass is 16.3. The van der Waals surface area contributed by atoms with Crippen LogP contribution in [0.1, 0.15) is 37.8 Å². The average Bonchev–Trinajstić information content (AvgIpc) is 2.31. The van der Waals surface area contributed by atoms with Crippen LogP contribution >= 0.6 is 0 Å². The van der Waals surface area contributed by atoms with Gasteiger partial charge in [0.15, 0.2) is 0 Å². The molecule has 1 heterocycles. The third kappa shape index (κ3) is 3.25. The lowest BCUT2D eigenvalue weighted by atomic mass is 9.85. The summed E-state index contributed by atoms with van der Waals surface area (Å²) in [6, 6.07) is 3.81. The first-order valence-electron chi connectivity index (χ1n) is 5.98. The van der Waals surface area contributed by atoms with E-state index in [-0.39, 0.29) is 0 Å². The van der Waals surface area contributed by atoms with E-state index < -0.39 is 5.60 Å². The maximum atomic E-state index is 10.3. The molecule has 0 radical (unpaired) electrons. The van der Waals surface area contributed by atoms with E-state index in [1.165, 1.54) is 6.42 Å². The topological polar surface area (TPSA) is 58.0 Å². The lowest BCUT2D eigenvalue weighted by Gasteiger charge is -2.32. The molecule has 0 atom stereocenters. The predicted octanol–water partition coefficient (Wildman–Crippen LogP) is 1.26. The molecule has 1 aliphatic rings. The number of aliphatic hydroxyl groups is 1. The van der Waals surface area contributed by atoms with Crippen LogP contribution in [0.4, 0.5) is 0 Å². The van der Waals surface area contributed by atoms with E-state index in [0.29, 0.717) is 13.1 Å². The molecule has 4 nitrogen and oxygen atoms in total. The van der Waals surface area contributed by atoms with Crippen molar-refractivity contribution >= 4 is 0 Å². The Morgan fingerprint density at radius 3 is 2.81 bits per heavy atom. The van der Waals surface area contributed by atoms with Crippen LogP contribution in [0.25, 0.3) is 0 Å². The zero-order chi connectivity index (χ0) is 11.3. The van der Waals surface area contributed by atoms with Crippen molar-refractivity contribution in [3.63, 3.8) is 0 Å². The highest BCUT2D eigenvalue weighted by Gasteiger charge is 2.28. The van der Waals surface area contributed by atoms with Gasteiger partial charge in [-0.2, -0.15) is 10.2 Å².